The molecule has 23 heavy (non-hydrogen) atoms. The Morgan fingerprint density at radius 2 is 2.00 bits per heavy atom. The van der Waals surface area contributed by atoms with Crippen LogP contribution in [0, 0.1) is 11.6 Å². The zero-order valence-electron chi connectivity index (χ0n) is 12.2. The van der Waals surface area contributed by atoms with Gasteiger partial charge in [-0.25, -0.2) is 8.78 Å². The molecule has 0 unspecified atom stereocenters. The lowest BCUT2D eigenvalue weighted by atomic mass is 10.1. The summed E-state index contributed by atoms with van der Waals surface area (Å²) < 4.78 is 37.3. The number of nitrogens with one attached hydrogen (secondary N) is 1. The number of methoxy groups -OCH3 is 1. The van der Waals surface area contributed by atoms with Gasteiger partial charge in [0.15, 0.2) is 5.76 Å². The number of fused-ring (bicyclic) bond motifs is 1. The van der Waals surface area contributed by atoms with Crippen molar-refractivity contribution in [3.63, 3.8) is 0 Å². The molecule has 1 heterocycles. The van der Waals surface area contributed by atoms with E-state index in [-0.39, 0.29) is 18.1 Å². The molecule has 0 saturated heterocycles. The SMILES string of the molecule is COCc1c(C(=O)Nc2ccc(F)cc2F)oc2ccccc12. The molecule has 3 aromatic rings. The van der Waals surface area contributed by atoms with E-state index in [4.69, 9.17) is 9.15 Å². The topological polar surface area (TPSA) is 51.5 Å². The lowest BCUT2D eigenvalue weighted by Crippen LogP contribution is -2.14. The van der Waals surface area contributed by atoms with Gasteiger partial charge in [0.25, 0.3) is 5.91 Å². The van der Waals surface area contributed by atoms with Gasteiger partial charge in [0.05, 0.1) is 12.3 Å². The minimum atomic E-state index is -0.859. The number of benzene rings is 2. The molecule has 0 atom stereocenters. The molecule has 1 N–H and O–H groups in total. The molecular weight excluding hydrogens is 304 g/mol. The van der Waals surface area contributed by atoms with Gasteiger partial charge >= 0.3 is 0 Å². The predicted molar refractivity (Wildman–Crippen MR) is 81.2 cm³/mol. The van der Waals surface area contributed by atoms with Gasteiger partial charge in [-0.1, -0.05) is 18.2 Å². The van der Waals surface area contributed by atoms with Gasteiger partial charge in [-0.3, -0.25) is 4.79 Å². The maximum atomic E-state index is 13.7. The largest absolute Gasteiger partial charge is 0.451 e. The summed E-state index contributed by atoms with van der Waals surface area (Å²) in [6, 6.07) is 10.0. The Morgan fingerprint density at radius 3 is 2.74 bits per heavy atom. The van der Waals surface area contributed by atoms with Crippen LogP contribution in [0.3, 0.4) is 0 Å². The summed E-state index contributed by atoms with van der Waals surface area (Å²) in [5.41, 5.74) is 0.979. The number of anilines is 1. The van der Waals surface area contributed by atoms with E-state index in [0.717, 1.165) is 17.5 Å². The number of furan rings is 1. The number of carbonyl (C=O) groups excluding carboxylic acids is 1. The van der Waals surface area contributed by atoms with Crippen LogP contribution >= 0.6 is 0 Å². The van der Waals surface area contributed by atoms with E-state index in [9.17, 15) is 13.6 Å². The second-order valence-corrected chi connectivity index (χ2v) is 4.92. The van der Waals surface area contributed by atoms with Gasteiger partial charge < -0.3 is 14.5 Å². The van der Waals surface area contributed by atoms with Crippen molar-refractivity contribution in [1.29, 1.82) is 0 Å². The Hall–Kier alpha value is -2.73. The first-order valence-corrected chi connectivity index (χ1v) is 6.86. The highest BCUT2D eigenvalue weighted by Crippen LogP contribution is 2.27. The number of rotatable bonds is 4. The predicted octanol–water partition coefficient (Wildman–Crippen LogP) is 4.11. The molecule has 4 nitrogen and oxygen atoms in total. The van der Waals surface area contributed by atoms with Crippen LogP contribution in [0.2, 0.25) is 0 Å². The Kier molecular flexibility index (Phi) is 4.08. The summed E-state index contributed by atoms with van der Waals surface area (Å²) in [7, 11) is 1.50. The van der Waals surface area contributed by atoms with Crippen LogP contribution in [0.4, 0.5) is 14.5 Å². The Labute approximate surface area is 130 Å². The molecule has 0 radical (unpaired) electrons. The van der Waals surface area contributed by atoms with E-state index in [1.165, 1.54) is 7.11 Å². The number of carbonyl (C=O) groups is 1. The molecule has 0 saturated carbocycles. The zero-order valence-corrected chi connectivity index (χ0v) is 12.2. The lowest BCUT2D eigenvalue weighted by molar-refractivity contribution is 0.0991. The molecule has 1 amide bonds. The number of halogens is 2. The van der Waals surface area contributed by atoms with E-state index in [0.29, 0.717) is 17.2 Å². The maximum Gasteiger partial charge on any atom is 0.291 e. The Balaban J connectivity index is 1.98. The van der Waals surface area contributed by atoms with Crippen molar-refractivity contribution in [2.45, 2.75) is 6.61 Å². The van der Waals surface area contributed by atoms with Gasteiger partial charge in [-0.2, -0.15) is 0 Å². The van der Waals surface area contributed by atoms with Crippen molar-refractivity contribution in [2.75, 3.05) is 12.4 Å². The van der Waals surface area contributed by atoms with E-state index < -0.39 is 17.5 Å². The van der Waals surface area contributed by atoms with Crippen molar-refractivity contribution in [3.05, 3.63) is 65.4 Å². The smallest absolute Gasteiger partial charge is 0.291 e. The third kappa shape index (κ3) is 2.93. The standard InChI is InChI=1S/C17H13F2NO3/c1-22-9-12-11-4-2-3-5-15(11)23-16(12)17(21)20-14-7-6-10(18)8-13(14)19/h2-8H,9H2,1H3,(H,20,21). The molecule has 0 fully saturated rings. The maximum absolute atomic E-state index is 13.7. The minimum absolute atomic E-state index is 0.0387. The van der Waals surface area contributed by atoms with Gasteiger partial charge in [-0.15, -0.1) is 0 Å². The third-order valence-corrected chi connectivity index (χ3v) is 3.37. The highest BCUT2D eigenvalue weighted by atomic mass is 19.1. The van der Waals surface area contributed by atoms with E-state index >= 15 is 0 Å². The lowest BCUT2D eigenvalue weighted by Gasteiger charge is -2.06. The first-order chi connectivity index (χ1) is 11.1. The van der Waals surface area contributed by atoms with Crippen molar-refractivity contribution < 1.29 is 22.7 Å². The highest BCUT2D eigenvalue weighted by Gasteiger charge is 2.21. The average Bonchev–Trinajstić information content (AvgIpc) is 2.90. The molecule has 6 heteroatoms. The quantitative estimate of drug-likeness (QED) is 0.788. The van der Waals surface area contributed by atoms with Gasteiger partial charge in [0, 0.05) is 24.1 Å². The first kappa shape index (κ1) is 15.2. The summed E-state index contributed by atoms with van der Waals surface area (Å²) >= 11 is 0. The van der Waals surface area contributed by atoms with Crippen molar-refractivity contribution in [1.82, 2.24) is 0 Å². The summed E-state index contributed by atoms with van der Waals surface area (Å²) in [5.74, 6) is -2.16. The molecule has 118 valence electrons. The molecule has 0 spiro atoms. The third-order valence-electron chi connectivity index (χ3n) is 3.37. The number of hydrogen-bond acceptors (Lipinski definition) is 3. The summed E-state index contributed by atoms with van der Waals surface area (Å²) in [4.78, 5) is 12.4. The molecule has 3 rings (SSSR count). The van der Waals surface area contributed by atoms with E-state index in [1.807, 2.05) is 12.1 Å². The van der Waals surface area contributed by atoms with Gasteiger partial charge in [0.2, 0.25) is 0 Å². The highest BCUT2D eigenvalue weighted by molar-refractivity contribution is 6.06. The van der Waals surface area contributed by atoms with Crippen LogP contribution in [0.5, 0.6) is 0 Å². The average molecular weight is 317 g/mol. The molecule has 0 bridgehead atoms. The number of hydrogen-bond donors (Lipinski definition) is 1. The van der Waals surface area contributed by atoms with Crippen LogP contribution in [0.25, 0.3) is 11.0 Å². The fourth-order valence-electron chi connectivity index (χ4n) is 2.34. The van der Waals surface area contributed by atoms with Crippen LogP contribution in [-0.2, 0) is 11.3 Å². The van der Waals surface area contributed by atoms with E-state index in [1.54, 1.807) is 12.1 Å². The van der Waals surface area contributed by atoms with Crippen LogP contribution in [0.15, 0.2) is 46.9 Å². The molecule has 0 aliphatic carbocycles. The monoisotopic (exact) mass is 317 g/mol. The molecule has 0 aliphatic rings. The molecule has 1 aromatic heterocycles. The molecular formula is C17H13F2NO3. The fraction of sp³-hybridized carbons (Fsp3) is 0.118. The normalized spacial score (nSPS) is 10.9. The Bertz CT molecular complexity index is 873. The first-order valence-electron chi connectivity index (χ1n) is 6.86. The molecule has 2 aromatic carbocycles. The summed E-state index contributed by atoms with van der Waals surface area (Å²) in [5, 5.41) is 3.13. The summed E-state index contributed by atoms with van der Waals surface area (Å²) in [6.07, 6.45) is 0. The number of amides is 1. The Morgan fingerprint density at radius 1 is 1.22 bits per heavy atom. The van der Waals surface area contributed by atoms with Crippen molar-refractivity contribution >= 4 is 22.6 Å². The second-order valence-electron chi connectivity index (χ2n) is 4.92. The van der Waals surface area contributed by atoms with E-state index in [2.05, 4.69) is 5.32 Å². The van der Waals surface area contributed by atoms with Crippen molar-refractivity contribution in [2.24, 2.45) is 0 Å². The van der Waals surface area contributed by atoms with Gasteiger partial charge in [-0.05, 0) is 18.2 Å². The second kappa shape index (κ2) is 6.18. The van der Waals surface area contributed by atoms with Crippen LogP contribution in [0.1, 0.15) is 16.1 Å². The van der Waals surface area contributed by atoms with Crippen LogP contribution < -0.4 is 5.32 Å². The van der Waals surface area contributed by atoms with Gasteiger partial charge in [0.1, 0.15) is 17.2 Å². The fourth-order valence-corrected chi connectivity index (χ4v) is 2.34. The minimum Gasteiger partial charge on any atom is -0.451 e. The zero-order chi connectivity index (χ0) is 16.4. The number of para-hydroxylation sites is 1. The number of ether oxygens (including phenoxy) is 1. The van der Waals surface area contributed by atoms with Crippen molar-refractivity contribution in [3.8, 4) is 0 Å². The molecule has 0 aliphatic heterocycles. The summed E-state index contributed by atoms with van der Waals surface area (Å²) in [6.45, 7) is 0.172. The van der Waals surface area contributed by atoms with Crippen LogP contribution in [-0.4, -0.2) is 13.0 Å².